The third-order valence-electron chi connectivity index (χ3n) is 5.13. The molecule has 2 atom stereocenters. The highest BCUT2D eigenvalue weighted by Crippen LogP contribution is 2.21. The molecule has 0 spiro atoms. The Balaban J connectivity index is 1.56. The summed E-state index contributed by atoms with van der Waals surface area (Å²) < 4.78 is 27.2. The van der Waals surface area contributed by atoms with E-state index in [1.807, 2.05) is 19.0 Å². The Kier molecular flexibility index (Phi) is 6.98. The summed E-state index contributed by atoms with van der Waals surface area (Å²) in [6.45, 7) is 2.01. The largest absolute Gasteiger partial charge is 0.354 e. The predicted octanol–water partition coefficient (Wildman–Crippen LogP) is 2.41. The first kappa shape index (κ1) is 21.0. The highest BCUT2D eigenvalue weighted by Gasteiger charge is 2.26. The number of hydrogen-bond donors (Lipinski definition) is 2. The van der Waals surface area contributed by atoms with E-state index in [1.54, 1.807) is 31.4 Å². The van der Waals surface area contributed by atoms with Crippen molar-refractivity contribution in [2.24, 2.45) is 4.99 Å². The molecule has 1 aromatic heterocycles. The molecule has 0 amide bonds. The summed E-state index contributed by atoms with van der Waals surface area (Å²) in [5.41, 5.74) is 1.03. The van der Waals surface area contributed by atoms with Crippen LogP contribution in [0.4, 0.5) is 14.6 Å². The van der Waals surface area contributed by atoms with Gasteiger partial charge in [0.05, 0.1) is 6.04 Å². The zero-order valence-corrected chi connectivity index (χ0v) is 17.1. The lowest BCUT2D eigenvalue weighted by atomic mass is 10.1. The smallest absolute Gasteiger partial charge is 0.191 e. The standard InChI is InChI=1S/C21H28F2N6/c1-24-21(26-13-19(28(2)3)15-6-8-16(22)9-7-15)27-17-10-12-29(14-17)20-18(23)5-4-11-25-20/h4-9,11,17,19H,10,12-14H2,1-3H3,(H2,24,26,27). The Labute approximate surface area is 170 Å². The SMILES string of the molecule is CN=C(NCC(c1ccc(F)cc1)N(C)C)NC1CCN(c2ncccc2F)C1. The fourth-order valence-electron chi connectivity index (χ4n) is 3.55. The van der Waals surface area contributed by atoms with Crippen molar-refractivity contribution in [3.05, 3.63) is 59.8 Å². The molecule has 2 unspecified atom stereocenters. The lowest BCUT2D eigenvalue weighted by Gasteiger charge is -2.27. The summed E-state index contributed by atoms with van der Waals surface area (Å²) in [6, 6.07) is 9.79. The molecule has 1 saturated heterocycles. The summed E-state index contributed by atoms with van der Waals surface area (Å²) in [4.78, 5) is 12.5. The molecule has 2 N–H and O–H groups in total. The maximum atomic E-state index is 14.0. The molecule has 3 rings (SSSR count). The number of nitrogens with zero attached hydrogens (tertiary/aromatic N) is 4. The molecule has 0 aliphatic carbocycles. The minimum absolute atomic E-state index is 0.0665. The summed E-state index contributed by atoms with van der Waals surface area (Å²) in [5, 5.41) is 6.76. The van der Waals surface area contributed by atoms with E-state index in [4.69, 9.17) is 0 Å². The summed E-state index contributed by atoms with van der Waals surface area (Å²) in [5.74, 6) is 0.534. The second kappa shape index (κ2) is 9.65. The first-order valence-corrected chi connectivity index (χ1v) is 9.72. The van der Waals surface area contributed by atoms with Gasteiger partial charge in [0.25, 0.3) is 0 Å². The van der Waals surface area contributed by atoms with Gasteiger partial charge in [-0.2, -0.15) is 0 Å². The molecule has 29 heavy (non-hydrogen) atoms. The van der Waals surface area contributed by atoms with Crippen LogP contribution in [0.1, 0.15) is 18.0 Å². The highest BCUT2D eigenvalue weighted by atomic mass is 19.1. The van der Waals surface area contributed by atoms with Crippen molar-refractivity contribution in [1.29, 1.82) is 0 Å². The normalized spacial score (nSPS) is 18.2. The van der Waals surface area contributed by atoms with Gasteiger partial charge in [-0.15, -0.1) is 0 Å². The Morgan fingerprint density at radius 2 is 2.03 bits per heavy atom. The van der Waals surface area contributed by atoms with Crippen LogP contribution in [0.2, 0.25) is 0 Å². The van der Waals surface area contributed by atoms with E-state index in [-0.39, 0.29) is 23.7 Å². The average Bonchev–Trinajstić information content (AvgIpc) is 3.17. The summed E-state index contributed by atoms with van der Waals surface area (Å²) in [7, 11) is 5.70. The number of nitrogens with one attached hydrogen (secondary N) is 2. The number of pyridine rings is 1. The zero-order valence-electron chi connectivity index (χ0n) is 17.1. The predicted molar refractivity (Wildman–Crippen MR) is 112 cm³/mol. The van der Waals surface area contributed by atoms with Gasteiger partial charge in [0.2, 0.25) is 0 Å². The molecule has 8 heteroatoms. The molecule has 156 valence electrons. The van der Waals surface area contributed by atoms with Gasteiger partial charge in [0.15, 0.2) is 17.6 Å². The maximum absolute atomic E-state index is 14.0. The number of hydrogen-bond acceptors (Lipinski definition) is 4. The van der Waals surface area contributed by atoms with Crippen LogP contribution >= 0.6 is 0 Å². The molecule has 1 aromatic carbocycles. The quantitative estimate of drug-likeness (QED) is 0.574. The molecule has 2 heterocycles. The fraction of sp³-hybridized carbons (Fsp3) is 0.429. The minimum atomic E-state index is -0.302. The van der Waals surface area contributed by atoms with Crippen LogP contribution in [0, 0.1) is 11.6 Å². The number of halogens is 2. The maximum Gasteiger partial charge on any atom is 0.191 e. The number of rotatable bonds is 6. The molecule has 0 bridgehead atoms. The molecule has 2 aromatic rings. The monoisotopic (exact) mass is 402 g/mol. The third kappa shape index (κ3) is 5.41. The minimum Gasteiger partial charge on any atom is -0.354 e. The van der Waals surface area contributed by atoms with Crippen LogP contribution in [-0.2, 0) is 0 Å². The molecule has 1 aliphatic heterocycles. The van der Waals surface area contributed by atoms with Gasteiger partial charge in [-0.1, -0.05) is 12.1 Å². The lowest BCUT2D eigenvalue weighted by molar-refractivity contribution is 0.297. The van der Waals surface area contributed by atoms with E-state index >= 15 is 0 Å². The summed E-state index contributed by atoms with van der Waals surface area (Å²) in [6.07, 6.45) is 2.47. The summed E-state index contributed by atoms with van der Waals surface area (Å²) >= 11 is 0. The number of anilines is 1. The number of benzene rings is 1. The second-order valence-corrected chi connectivity index (χ2v) is 7.37. The van der Waals surface area contributed by atoms with Crippen LogP contribution in [0.15, 0.2) is 47.6 Å². The van der Waals surface area contributed by atoms with Gasteiger partial charge in [-0.25, -0.2) is 13.8 Å². The van der Waals surface area contributed by atoms with E-state index in [0.29, 0.717) is 24.9 Å². The topological polar surface area (TPSA) is 55.8 Å². The molecule has 0 saturated carbocycles. The third-order valence-corrected chi connectivity index (χ3v) is 5.13. The average molecular weight is 402 g/mol. The Hall–Kier alpha value is -2.74. The Bertz CT molecular complexity index is 824. The molecule has 0 radical (unpaired) electrons. The van der Waals surface area contributed by atoms with E-state index in [2.05, 4.69) is 25.5 Å². The molecular formula is C21H28F2N6. The molecule has 1 fully saturated rings. The van der Waals surface area contributed by atoms with Crippen molar-refractivity contribution in [2.75, 3.05) is 45.7 Å². The zero-order chi connectivity index (χ0) is 20.8. The van der Waals surface area contributed by atoms with Crippen molar-refractivity contribution in [3.8, 4) is 0 Å². The van der Waals surface area contributed by atoms with Gasteiger partial charge in [-0.05, 0) is 50.3 Å². The van der Waals surface area contributed by atoms with Crippen LogP contribution < -0.4 is 15.5 Å². The van der Waals surface area contributed by atoms with Crippen LogP contribution in [-0.4, -0.2) is 62.7 Å². The molecular weight excluding hydrogens is 374 g/mol. The number of aliphatic imine (C=N–C) groups is 1. The molecule has 6 nitrogen and oxygen atoms in total. The van der Waals surface area contributed by atoms with Crippen LogP contribution in [0.25, 0.3) is 0 Å². The van der Waals surface area contributed by atoms with E-state index in [9.17, 15) is 8.78 Å². The van der Waals surface area contributed by atoms with Gasteiger partial charge >= 0.3 is 0 Å². The van der Waals surface area contributed by atoms with Crippen molar-refractivity contribution in [2.45, 2.75) is 18.5 Å². The van der Waals surface area contributed by atoms with Crippen molar-refractivity contribution >= 4 is 11.8 Å². The number of aromatic nitrogens is 1. The first-order valence-electron chi connectivity index (χ1n) is 9.72. The number of guanidine groups is 1. The first-order chi connectivity index (χ1) is 14.0. The van der Waals surface area contributed by atoms with Gasteiger partial charge in [-0.3, -0.25) is 4.99 Å². The van der Waals surface area contributed by atoms with Gasteiger partial charge in [0.1, 0.15) is 5.82 Å². The highest BCUT2D eigenvalue weighted by molar-refractivity contribution is 5.80. The van der Waals surface area contributed by atoms with E-state index in [1.165, 1.54) is 18.2 Å². The Morgan fingerprint density at radius 3 is 2.69 bits per heavy atom. The second-order valence-electron chi connectivity index (χ2n) is 7.37. The van der Waals surface area contributed by atoms with Crippen LogP contribution in [0.5, 0.6) is 0 Å². The lowest BCUT2D eigenvalue weighted by Crippen LogP contribution is -2.46. The van der Waals surface area contributed by atoms with Crippen LogP contribution in [0.3, 0.4) is 0 Å². The van der Waals surface area contributed by atoms with E-state index in [0.717, 1.165) is 18.5 Å². The Morgan fingerprint density at radius 1 is 1.28 bits per heavy atom. The van der Waals surface area contributed by atoms with Crippen molar-refractivity contribution in [3.63, 3.8) is 0 Å². The fourth-order valence-corrected chi connectivity index (χ4v) is 3.55. The molecule has 1 aliphatic rings. The van der Waals surface area contributed by atoms with Gasteiger partial charge in [0, 0.05) is 38.9 Å². The van der Waals surface area contributed by atoms with E-state index < -0.39 is 0 Å². The van der Waals surface area contributed by atoms with Crippen molar-refractivity contribution < 1.29 is 8.78 Å². The van der Waals surface area contributed by atoms with Crippen molar-refractivity contribution in [1.82, 2.24) is 20.5 Å². The van der Waals surface area contributed by atoms with Gasteiger partial charge < -0.3 is 20.4 Å². The number of likely N-dealkylation sites (N-methyl/N-ethyl adjacent to an activating group) is 1.